The molecule has 0 bridgehead atoms. The lowest BCUT2D eigenvalue weighted by molar-refractivity contribution is -0.181. The number of halogens is 3. The second-order valence-electron chi connectivity index (χ2n) is 4.50. The number of carbonyl (C=O) groups excluding carboxylic acids is 1. The van der Waals surface area contributed by atoms with E-state index in [0.717, 1.165) is 12.8 Å². The molecule has 1 heterocycles. The van der Waals surface area contributed by atoms with Gasteiger partial charge in [0.1, 0.15) is 6.04 Å². The maximum atomic E-state index is 12.7. The molecule has 1 fully saturated rings. The quantitative estimate of drug-likeness (QED) is 0.777. The third-order valence-corrected chi connectivity index (χ3v) is 3.29. The van der Waals surface area contributed by atoms with Gasteiger partial charge in [-0.1, -0.05) is 6.42 Å². The van der Waals surface area contributed by atoms with E-state index in [-0.39, 0.29) is 6.54 Å². The molecule has 1 saturated heterocycles. The summed E-state index contributed by atoms with van der Waals surface area (Å²) in [6.45, 7) is -0.222. The molecule has 2 N–H and O–H groups in total. The number of carbonyl (C=O) groups is 1. The zero-order valence-corrected chi connectivity index (χ0v) is 10.4. The van der Waals surface area contributed by atoms with Crippen molar-refractivity contribution in [3.63, 3.8) is 0 Å². The topological polar surface area (TPSA) is 55.6 Å². The summed E-state index contributed by atoms with van der Waals surface area (Å²) in [6.07, 6.45) is -2.16. The molecular weight excluding hydrogens is 249 g/mol. The first-order valence-electron chi connectivity index (χ1n) is 5.98. The molecule has 0 amide bonds. The SMILES string of the molecule is COC(=O)C1CCCCN1CC(CN)C(F)(F)F. The number of hydrogen-bond acceptors (Lipinski definition) is 4. The molecule has 0 aromatic carbocycles. The Balaban J connectivity index is 2.69. The Morgan fingerprint density at radius 1 is 1.50 bits per heavy atom. The summed E-state index contributed by atoms with van der Waals surface area (Å²) in [6, 6.07) is -0.569. The fourth-order valence-electron chi connectivity index (χ4n) is 2.21. The molecule has 1 aliphatic rings. The van der Waals surface area contributed by atoms with Crippen molar-refractivity contribution in [1.29, 1.82) is 0 Å². The van der Waals surface area contributed by atoms with Gasteiger partial charge in [0.25, 0.3) is 0 Å². The average molecular weight is 268 g/mol. The van der Waals surface area contributed by atoms with Crippen molar-refractivity contribution in [2.24, 2.45) is 11.7 Å². The molecule has 1 aliphatic heterocycles. The maximum Gasteiger partial charge on any atom is 0.394 e. The first-order valence-corrected chi connectivity index (χ1v) is 5.98. The lowest BCUT2D eigenvalue weighted by Crippen LogP contribution is -2.50. The van der Waals surface area contributed by atoms with E-state index in [1.54, 1.807) is 4.90 Å². The molecule has 106 valence electrons. The predicted octanol–water partition coefficient (Wildman–Crippen LogP) is 1.15. The molecule has 18 heavy (non-hydrogen) atoms. The molecule has 1 rings (SSSR count). The third kappa shape index (κ3) is 3.84. The van der Waals surface area contributed by atoms with Crippen molar-refractivity contribution in [3.8, 4) is 0 Å². The number of ether oxygens (including phenoxy) is 1. The minimum absolute atomic E-state index is 0.236. The molecule has 0 aromatic heterocycles. The van der Waals surface area contributed by atoms with Crippen LogP contribution >= 0.6 is 0 Å². The normalized spacial score (nSPS) is 23.7. The van der Waals surface area contributed by atoms with Gasteiger partial charge in [-0.15, -0.1) is 0 Å². The van der Waals surface area contributed by atoms with E-state index in [4.69, 9.17) is 5.73 Å². The molecule has 0 saturated carbocycles. The van der Waals surface area contributed by atoms with Crippen LogP contribution in [0.1, 0.15) is 19.3 Å². The van der Waals surface area contributed by atoms with Crippen LogP contribution in [0.4, 0.5) is 13.2 Å². The van der Waals surface area contributed by atoms with Crippen LogP contribution in [0.25, 0.3) is 0 Å². The van der Waals surface area contributed by atoms with Crippen LogP contribution in [0.15, 0.2) is 0 Å². The van der Waals surface area contributed by atoms with Crippen LogP contribution in [-0.2, 0) is 9.53 Å². The van der Waals surface area contributed by atoms with Crippen molar-refractivity contribution >= 4 is 5.97 Å². The Hall–Kier alpha value is -0.820. The van der Waals surface area contributed by atoms with Crippen molar-refractivity contribution in [2.75, 3.05) is 26.7 Å². The van der Waals surface area contributed by atoms with Crippen LogP contribution in [0, 0.1) is 5.92 Å². The summed E-state index contributed by atoms with van der Waals surface area (Å²) in [7, 11) is 1.25. The van der Waals surface area contributed by atoms with Gasteiger partial charge < -0.3 is 10.5 Å². The van der Waals surface area contributed by atoms with Gasteiger partial charge >= 0.3 is 12.1 Å². The van der Waals surface area contributed by atoms with Crippen LogP contribution in [-0.4, -0.2) is 49.8 Å². The Kier molecular flexibility index (Phi) is 5.40. The molecule has 2 unspecified atom stereocenters. The van der Waals surface area contributed by atoms with E-state index in [9.17, 15) is 18.0 Å². The Bertz CT molecular complexity index is 284. The monoisotopic (exact) mass is 268 g/mol. The molecule has 0 aliphatic carbocycles. The van der Waals surface area contributed by atoms with E-state index in [0.29, 0.717) is 13.0 Å². The van der Waals surface area contributed by atoms with Gasteiger partial charge in [-0.25, -0.2) is 0 Å². The largest absolute Gasteiger partial charge is 0.468 e. The van der Waals surface area contributed by atoms with Gasteiger partial charge in [0.15, 0.2) is 0 Å². The number of nitrogens with zero attached hydrogens (tertiary/aromatic N) is 1. The standard InChI is InChI=1S/C11H19F3N2O2/c1-18-10(17)9-4-2-3-5-16(9)7-8(6-15)11(12,13)14/h8-9H,2-7,15H2,1H3. The first-order chi connectivity index (χ1) is 8.40. The summed E-state index contributed by atoms with van der Waals surface area (Å²) in [5.41, 5.74) is 5.17. The number of rotatable bonds is 4. The van der Waals surface area contributed by atoms with Gasteiger partial charge in [-0.2, -0.15) is 13.2 Å². The lowest BCUT2D eigenvalue weighted by atomic mass is 9.99. The van der Waals surface area contributed by atoms with Crippen molar-refractivity contribution in [3.05, 3.63) is 0 Å². The average Bonchev–Trinajstić information content (AvgIpc) is 2.34. The molecule has 0 spiro atoms. The number of alkyl halides is 3. The highest BCUT2D eigenvalue weighted by Crippen LogP contribution is 2.28. The smallest absolute Gasteiger partial charge is 0.394 e. The molecule has 2 atom stereocenters. The van der Waals surface area contributed by atoms with E-state index < -0.39 is 30.7 Å². The second kappa shape index (κ2) is 6.38. The second-order valence-corrected chi connectivity index (χ2v) is 4.50. The number of esters is 1. The minimum atomic E-state index is -4.33. The van der Waals surface area contributed by atoms with Crippen LogP contribution in [0.3, 0.4) is 0 Å². The minimum Gasteiger partial charge on any atom is -0.468 e. The Morgan fingerprint density at radius 2 is 2.17 bits per heavy atom. The Labute approximate surface area is 104 Å². The van der Waals surface area contributed by atoms with Crippen LogP contribution < -0.4 is 5.73 Å². The van der Waals surface area contributed by atoms with Crippen LogP contribution in [0.5, 0.6) is 0 Å². The summed E-state index contributed by atoms with van der Waals surface area (Å²) >= 11 is 0. The maximum absolute atomic E-state index is 12.7. The van der Waals surface area contributed by atoms with Crippen molar-refractivity contribution in [1.82, 2.24) is 4.90 Å². The molecular formula is C11H19F3N2O2. The van der Waals surface area contributed by atoms with Gasteiger partial charge in [-0.3, -0.25) is 9.69 Å². The number of hydrogen-bond donors (Lipinski definition) is 1. The third-order valence-electron chi connectivity index (χ3n) is 3.29. The first kappa shape index (κ1) is 15.2. The number of methoxy groups -OCH3 is 1. The molecule has 7 heteroatoms. The van der Waals surface area contributed by atoms with Gasteiger partial charge in [0.2, 0.25) is 0 Å². The predicted molar refractivity (Wildman–Crippen MR) is 59.8 cm³/mol. The van der Waals surface area contributed by atoms with Gasteiger partial charge in [0, 0.05) is 13.1 Å². The molecule has 0 aromatic rings. The highest BCUT2D eigenvalue weighted by Gasteiger charge is 2.41. The Morgan fingerprint density at radius 3 is 2.67 bits per heavy atom. The van der Waals surface area contributed by atoms with E-state index >= 15 is 0 Å². The van der Waals surface area contributed by atoms with E-state index in [1.807, 2.05) is 0 Å². The number of piperidine rings is 1. The van der Waals surface area contributed by atoms with Gasteiger partial charge in [0.05, 0.1) is 13.0 Å². The number of nitrogens with two attached hydrogens (primary N) is 1. The summed E-state index contributed by atoms with van der Waals surface area (Å²) in [5.74, 6) is -2.06. The fourth-order valence-corrected chi connectivity index (χ4v) is 2.21. The summed E-state index contributed by atoms with van der Waals surface area (Å²) in [4.78, 5) is 13.1. The van der Waals surface area contributed by atoms with Gasteiger partial charge in [-0.05, 0) is 19.4 Å². The van der Waals surface area contributed by atoms with E-state index in [2.05, 4.69) is 4.74 Å². The molecule has 4 nitrogen and oxygen atoms in total. The fraction of sp³-hybridized carbons (Fsp3) is 0.909. The van der Waals surface area contributed by atoms with Crippen molar-refractivity contribution < 1.29 is 22.7 Å². The highest BCUT2D eigenvalue weighted by atomic mass is 19.4. The highest BCUT2D eigenvalue weighted by molar-refractivity contribution is 5.75. The van der Waals surface area contributed by atoms with Crippen molar-refractivity contribution in [2.45, 2.75) is 31.5 Å². The zero-order chi connectivity index (χ0) is 13.8. The van der Waals surface area contributed by atoms with Crippen LogP contribution in [0.2, 0.25) is 0 Å². The lowest BCUT2D eigenvalue weighted by Gasteiger charge is -2.36. The zero-order valence-electron chi connectivity index (χ0n) is 10.4. The summed E-state index contributed by atoms with van der Waals surface area (Å²) < 4.78 is 42.6. The number of likely N-dealkylation sites (tertiary alicyclic amines) is 1. The van der Waals surface area contributed by atoms with E-state index in [1.165, 1.54) is 7.11 Å². The molecule has 0 radical (unpaired) electrons. The summed E-state index contributed by atoms with van der Waals surface area (Å²) in [5, 5.41) is 0.